The average molecular weight is 536 g/mol. The van der Waals surface area contributed by atoms with Gasteiger partial charge >= 0.3 is 178 Å². The van der Waals surface area contributed by atoms with Gasteiger partial charge in [0.15, 0.2) is 0 Å². The van der Waals surface area contributed by atoms with Crippen LogP contribution in [-0.4, -0.2) is 10.4 Å². The topological polar surface area (TPSA) is 12.9 Å². The zero-order valence-electron chi connectivity index (χ0n) is 18.6. The number of rotatable bonds is 3. The van der Waals surface area contributed by atoms with Gasteiger partial charge in [0.2, 0.25) is 0 Å². The Morgan fingerprint density at radius 1 is 0.933 bits per heavy atom. The van der Waals surface area contributed by atoms with E-state index in [2.05, 4.69) is 88.2 Å². The Hall–Kier alpha value is -0.730. The number of hydrogen-bond acceptors (Lipinski definition) is 1. The molecule has 0 spiro atoms. The number of hydrogen-bond donors (Lipinski definition) is 0. The van der Waals surface area contributed by atoms with Crippen molar-refractivity contribution in [2.75, 3.05) is 0 Å². The van der Waals surface area contributed by atoms with Crippen LogP contribution in [0.1, 0.15) is 48.0 Å². The van der Waals surface area contributed by atoms with E-state index in [0.717, 1.165) is 0 Å². The summed E-state index contributed by atoms with van der Waals surface area (Å²) >= 11 is -1.90. The number of halogens is 2. The molecule has 0 radical (unpaired) electrons. The first-order valence-electron chi connectivity index (χ1n) is 10.2. The maximum atomic E-state index is 4.39. The van der Waals surface area contributed by atoms with Crippen LogP contribution in [0.4, 0.5) is 0 Å². The van der Waals surface area contributed by atoms with Crippen LogP contribution in [-0.2, 0) is 20.4 Å². The van der Waals surface area contributed by atoms with Gasteiger partial charge in [0.25, 0.3) is 0 Å². The summed E-state index contributed by atoms with van der Waals surface area (Å²) in [7, 11) is 0. The molecule has 5 heteroatoms. The molecule has 2 unspecified atom stereocenters. The van der Waals surface area contributed by atoms with Gasteiger partial charge < -0.3 is 0 Å². The molecule has 2 atom stereocenters. The number of benzene rings is 1. The third-order valence-electron chi connectivity index (χ3n) is 6.67. The van der Waals surface area contributed by atoms with E-state index in [-0.39, 0.29) is 30.2 Å². The first kappa shape index (κ1) is 25.5. The van der Waals surface area contributed by atoms with E-state index >= 15 is 0 Å². The second kappa shape index (κ2) is 10.3. The second-order valence-corrected chi connectivity index (χ2v) is 25.8. The maximum Gasteiger partial charge on any atom is -0.147 e. The summed E-state index contributed by atoms with van der Waals surface area (Å²) in [5.41, 5.74) is 10.1. The van der Waals surface area contributed by atoms with Crippen molar-refractivity contribution in [2.45, 2.75) is 44.4 Å². The summed E-state index contributed by atoms with van der Waals surface area (Å²) in [4.78, 5) is 4.39. The summed E-state index contributed by atoms with van der Waals surface area (Å²) in [6.45, 7) is 14.7. The van der Waals surface area contributed by atoms with Crippen molar-refractivity contribution >= 4 is 35.8 Å². The Labute approximate surface area is 201 Å². The molecule has 0 aliphatic heterocycles. The van der Waals surface area contributed by atoms with Gasteiger partial charge in [-0.2, -0.15) is 0 Å². The van der Waals surface area contributed by atoms with E-state index in [1.807, 2.05) is 15.7 Å². The molecule has 0 saturated heterocycles. The predicted octanol–water partition coefficient (Wildman–Crippen LogP) is 7.54. The molecule has 1 aromatic heterocycles. The van der Waals surface area contributed by atoms with Crippen molar-refractivity contribution in [3.8, 4) is 0 Å². The standard InChI is InChI=1S/C14H10N.C9H13.C2H6Si.2ClH.Zr/c1-2-6-13-11(4-1)7-8-14(13)12-5-3-9-15-10-12;1-6-5-7(2)9(4)8(6)3;1-3-2;;;/h1-10H;6H,1-4H3;1-2H3;2*1H;. The fourth-order valence-electron chi connectivity index (χ4n) is 4.92. The van der Waals surface area contributed by atoms with Crippen LogP contribution in [0.3, 0.4) is 0 Å². The molecule has 2 aliphatic carbocycles. The summed E-state index contributed by atoms with van der Waals surface area (Å²) in [6, 6.07) is 13.4. The van der Waals surface area contributed by atoms with Crippen molar-refractivity contribution in [3.63, 3.8) is 0 Å². The molecule has 30 heavy (non-hydrogen) atoms. The van der Waals surface area contributed by atoms with E-state index in [1.54, 1.807) is 22.3 Å². The van der Waals surface area contributed by atoms with Crippen LogP contribution >= 0.6 is 24.8 Å². The van der Waals surface area contributed by atoms with Gasteiger partial charge in [0.1, 0.15) is 0 Å². The third-order valence-corrected chi connectivity index (χ3v) is 25.2. The molecule has 1 heterocycles. The molecular weight excluding hydrogens is 504 g/mol. The predicted molar refractivity (Wildman–Crippen MR) is 133 cm³/mol. The Balaban J connectivity index is 0.00000160. The molecular formula is C25H31Cl2NSiZr. The van der Waals surface area contributed by atoms with Gasteiger partial charge in [-0.1, -0.05) is 0 Å². The molecule has 2 aliphatic rings. The van der Waals surface area contributed by atoms with Crippen molar-refractivity contribution < 1.29 is 20.4 Å². The second-order valence-electron chi connectivity index (χ2n) is 8.37. The van der Waals surface area contributed by atoms with Crippen LogP contribution in [0.5, 0.6) is 0 Å². The molecule has 0 saturated carbocycles. The summed E-state index contributed by atoms with van der Waals surface area (Å²) in [6.07, 6.45) is 6.52. The molecule has 0 bridgehead atoms. The van der Waals surface area contributed by atoms with Gasteiger partial charge in [0.05, 0.1) is 0 Å². The molecule has 158 valence electrons. The van der Waals surface area contributed by atoms with Crippen molar-refractivity contribution in [1.82, 2.24) is 4.98 Å². The zero-order chi connectivity index (χ0) is 20.0. The fraction of sp³-hybridized carbons (Fsp3) is 0.320. The van der Waals surface area contributed by atoms with E-state index < -0.39 is 20.4 Å². The Morgan fingerprint density at radius 3 is 2.20 bits per heavy atom. The quantitative estimate of drug-likeness (QED) is 0.370. The van der Waals surface area contributed by atoms with Gasteiger partial charge in [-0.15, -0.1) is 24.8 Å². The van der Waals surface area contributed by atoms with E-state index in [4.69, 9.17) is 0 Å². The fourth-order valence-corrected chi connectivity index (χ4v) is 24.6. The Bertz CT molecular complexity index is 1080. The SMILES string of the molecule is CC1=C(C)C(C)[C]([Zr]([CH]2C=C(c3cccnc3)c3ccccc32)=[Si](C)C)=C1C.Cl.Cl. The Morgan fingerprint density at radius 2 is 1.63 bits per heavy atom. The zero-order valence-corrected chi connectivity index (χ0v) is 23.7. The number of allylic oxidation sites excluding steroid dienone is 5. The number of aromatic nitrogens is 1. The molecule has 0 fully saturated rings. The number of nitrogens with zero attached hydrogens (tertiary/aromatic N) is 1. The van der Waals surface area contributed by atoms with Gasteiger partial charge in [-0.25, -0.2) is 0 Å². The molecule has 4 rings (SSSR count). The minimum Gasteiger partial charge on any atom is -0.147 e. The van der Waals surface area contributed by atoms with Crippen molar-refractivity contribution in [2.24, 2.45) is 5.92 Å². The average Bonchev–Trinajstić information content (AvgIpc) is 3.17. The van der Waals surface area contributed by atoms with Gasteiger partial charge in [0, 0.05) is 0 Å². The van der Waals surface area contributed by atoms with E-state index in [0.29, 0.717) is 9.54 Å². The normalized spacial score (nSPS) is 19.7. The van der Waals surface area contributed by atoms with Crippen molar-refractivity contribution in [3.05, 3.63) is 91.6 Å². The van der Waals surface area contributed by atoms with Crippen LogP contribution in [0.2, 0.25) is 13.1 Å². The number of pyridine rings is 1. The monoisotopic (exact) mass is 533 g/mol. The first-order chi connectivity index (χ1) is 13.4. The minimum atomic E-state index is -1.90. The molecule has 0 N–H and O–H groups in total. The summed E-state index contributed by atoms with van der Waals surface area (Å²) < 4.78 is 2.54. The molecule has 2 aromatic rings. The third kappa shape index (κ3) is 4.29. The summed E-state index contributed by atoms with van der Waals surface area (Å²) in [5, 5.41) is 0. The summed E-state index contributed by atoms with van der Waals surface area (Å²) in [5.74, 6) is 0.650. The van der Waals surface area contributed by atoms with Crippen LogP contribution in [0, 0.1) is 5.92 Å². The van der Waals surface area contributed by atoms with Crippen LogP contribution in [0.25, 0.3) is 5.57 Å². The minimum absolute atomic E-state index is 0. The smallest absolute Gasteiger partial charge is 0.147 e. The molecule has 1 aromatic carbocycles. The maximum absolute atomic E-state index is 4.39. The molecule has 1 nitrogen and oxygen atoms in total. The molecule has 0 amide bonds. The van der Waals surface area contributed by atoms with E-state index in [1.165, 1.54) is 16.7 Å². The Kier molecular flexibility index (Phi) is 8.73. The van der Waals surface area contributed by atoms with Crippen LogP contribution < -0.4 is 0 Å². The number of fused-ring (bicyclic) bond motifs is 1. The van der Waals surface area contributed by atoms with Gasteiger partial charge in [-0.05, 0) is 0 Å². The first-order valence-corrected chi connectivity index (χ1v) is 19.0. The van der Waals surface area contributed by atoms with Crippen LogP contribution in [0.15, 0.2) is 74.9 Å². The largest absolute Gasteiger partial charge is 0.147 e. The van der Waals surface area contributed by atoms with E-state index in [9.17, 15) is 0 Å². The van der Waals surface area contributed by atoms with Gasteiger partial charge in [-0.3, -0.25) is 0 Å². The van der Waals surface area contributed by atoms with Crippen molar-refractivity contribution in [1.29, 1.82) is 0 Å².